The van der Waals surface area contributed by atoms with Crippen molar-refractivity contribution in [3.8, 4) is 0 Å². The molecule has 2 saturated heterocycles. The van der Waals surface area contributed by atoms with Gasteiger partial charge in [0.25, 0.3) is 0 Å². The van der Waals surface area contributed by atoms with Crippen molar-refractivity contribution in [2.24, 2.45) is 11.8 Å². The molecule has 8 heterocycles. The Labute approximate surface area is 235 Å². The van der Waals surface area contributed by atoms with Crippen molar-refractivity contribution < 1.29 is 10.2 Å². The molecular weight excluding hydrogens is 496 g/mol. The minimum Gasteiger partial charge on any atom is -0.373 e. The molecule has 208 valence electrons. The number of para-hydroxylation sites is 2. The van der Waals surface area contributed by atoms with Crippen LogP contribution in [0.25, 0.3) is 21.8 Å². The molecule has 0 radical (unpaired) electrons. The lowest BCUT2D eigenvalue weighted by Gasteiger charge is -2.48. The molecular formula is C34H40N4O2. The largest absolute Gasteiger partial charge is 0.373 e. The molecule has 10 rings (SSSR count). The van der Waals surface area contributed by atoms with E-state index in [2.05, 4.69) is 67.5 Å². The third-order valence-corrected chi connectivity index (χ3v) is 11.3. The Morgan fingerprint density at radius 2 is 1.02 bits per heavy atom. The first-order chi connectivity index (χ1) is 19.7. The highest BCUT2D eigenvalue weighted by molar-refractivity contribution is 5.87. The Morgan fingerprint density at radius 1 is 0.575 bits per heavy atom. The van der Waals surface area contributed by atoms with Gasteiger partial charge in [0.15, 0.2) is 0 Å². The lowest BCUT2D eigenvalue weighted by atomic mass is 9.78. The van der Waals surface area contributed by atoms with Gasteiger partial charge in [-0.2, -0.15) is 0 Å². The van der Waals surface area contributed by atoms with E-state index >= 15 is 0 Å². The fraction of sp³-hybridized carbons (Fsp3) is 0.529. The number of nitrogens with zero attached hydrogens (tertiary/aromatic N) is 4. The van der Waals surface area contributed by atoms with Crippen molar-refractivity contribution in [3.63, 3.8) is 0 Å². The van der Waals surface area contributed by atoms with E-state index in [9.17, 15) is 10.2 Å². The van der Waals surface area contributed by atoms with E-state index in [1.807, 2.05) is 0 Å². The molecule has 6 aliphatic rings. The number of fused-ring (bicyclic) bond motifs is 6. The number of hydrogen-bond donors (Lipinski definition) is 2. The first kappa shape index (κ1) is 24.0. The summed E-state index contributed by atoms with van der Waals surface area (Å²) in [6.45, 7) is 4.85. The number of aliphatic hydroxyl groups is 2. The number of aromatic nitrogens is 2. The average Bonchev–Trinajstić information content (AvgIpc) is 3.52. The predicted octanol–water partition coefficient (Wildman–Crippen LogP) is 5.69. The maximum absolute atomic E-state index is 10.7. The van der Waals surface area contributed by atoms with Crippen LogP contribution in [0.3, 0.4) is 0 Å². The topological polar surface area (TPSA) is 56.8 Å². The number of aliphatic hydroxyl groups excluding tert-OH is 2. The summed E-state index contributed by atoms with van der Waals surface area (Å²) < 4.78 is 4.48. The number of hydrogen-bond acceptors (Lipinski definition) is 4. The lowest BCUT2D eigenvalue weighted by molar-refractivity contribution is -0.0149. The van der Waals surface area contributed by atoms with Crippen molar-refractivity contribution in [2.75, 3.05) is 26.2 Å². The van der Waals surface area contributed by atoms with Crippen molar-refractivity contribution in [1.29, 1.82) is 0 Å². The highest BCUT2D eigenvalue weighted by Gasteiger charge is 2.46. The molecule has 0 aliphatic carbocycles. The van der Waals surface area contributed by atoms with E-state index in [0.29, 0.717) is 23.9 Å². The molecule has 2 aromatic carbocycles. The second-order valence-corrected chi connectivity index (χ2v) is 13.2. The van der Waals surface area contributed by atoms with Crippen LogP contribution in [0.5, 0.6) is 0 Å². The molecule has 2 N–H and O–H groups in total. The maximum atomic E-state index is 10.7. The summed E-state index contributed by atoms with van der Waals surface area (Å²) in [7, 11) is 0. The number of piperidine rings is 2. The van der Waals surface area contributed by atoms with Crippen molar-refractivity contribution in [3.05, 3.63) is 71.0 Å². The van der Waals surface area contributed by atoms with Crippen molar-refractivity contribution in [2.45, 2.75) is 75.9 Å². The van der Waals surface area contributed by atoms with Crippen molar-refractivity contribution in [1.82, 2.24) is 18.9 Å². The van der Waals surface area contributed by atoms with Gasteiger partial charge in [-0.1, -0.05) is 36.4 Å². The van der Waals surface area contributed by atoms with E-state index in [0.717, 1.165) is 25.7 Å². The monoisotopic (exact) mass is 536 g/mol. The second-order valence-electron chi connectivity index (χ2n) is 13.2. The summed E-state index contributed by atoms with van der Waals surface area (Å²) in [5.41, 5.74) is 8.34. The van der Waals surface area contributed by atoms with E-state index in [1.165, 1.54) is 96.2 Å². The van der Waals surface area contributed by atoms with Crippen LogP contribution in [-0.4, -0.2) is 55.3 Å². The van der Waals surface area contributed by atoms with Gasteiger partial charge in [0.05, 0.1) is 23.1 Å². The Morgan fingerprint density at radius 3 is 1.50 bits per heavy atom. The van der Waals surface area contributed by atoms with E-state index in [1.54, 1.807) is 0 Å². The van der Waals surface area contributed by atoms with E-state index < -0.39 is 0 Å². The van der Waals surface area contributed by atoms with Gasteiger partial charge in [0, 0.05) is 35.2 Å². The van der Waals surface area contributed by atoms with Gasteiger partial charge in [-0.25, -0.2) is 0 Å². The maximum Gasteiger partial charge on any atom is 0.131 e. The van der Waals surface area contributed by atoms with E-state index in [4.69, 9.17) is 0 Å². The standard InChI is InChI=1S/2C17H20N2O/c2*20-15-10-11-4-3-8-18-9-7-13-12-5-1-2-6-14(12)19(15)17(13)16(11)18/h2*1-2,5-6,11,15-16,20H,3-4,7-10H2/t2*11-,15-,16+/m10/s1. The first-order valence-electron chi connectivity index (χ1n) is 15.8. The molecule has 4 aromatic rings. The third kappa shape index (κ3) is 3.25. The zero-order valence-corrected chi connectivity index (χ0v) is 23.3. The van der Waals surface area contributed by atoms with Crippen LogP contribution in [-0.2, 0) is 12.8 Å². The zero-order chi connectivity index (χ0) is 26.5. The molecule has 0 spiro atoms. The summed E-state index contributed by atoms with van der Waals surface area (Å²) in [5, 5.41) is 24.1. The third-order valence-electron chi connectivity index (χ3n) is 11.3. The van der Waals surface area contributed by atoms with Gasteiger partial charge >= 0.3 is 0 Å². The number of benzene rings is 2. The molecule has 6 heteroatoms. The molecule has 6 aliphatic heterocycles. The van der Waals surface area contributed by atoms with Crippen molar-refractivity contribution >= 4 is 21.8 Å². The van der Waals surface area contributed by atoms with Crippen LogP contribution in [0.4, 0.5) is 0 Å². The molecule has 40 heavy (non-hydrogen) atoms. The summed E-state index contributed by atoms with van der Waals surface area (Å²) >= 11 is 0. The first-order valence-corrected chi connectivity index (χ1v) is 15.8. The molecule has 0 unspecified atom stereocenters. The lowest BCUT2D eigenvalue weighted by Crippen LogP contribution is -2.47. The Kier molecular flexibility index (Phi) is 5.36. The highest BCUT2D eigenvalue weighted by Crippen LogP contribution is 2.52. The van der Waals surface area contributed by atoms with Crippen LogP contribution in [0.2, 0.25) is 0 Å². The quantitative estimate of drug-likeness (QED) is 0.303. The summed E-state index contributed by atoms with van der Waals surface area (Å²) in [6, 6.07) is 18.4. The molecule has 6 nitrogen and oxygen atoms in total. The van der Waals surface area contributed by atoms with Gasteiger partial charge in [-0.15, -0.1) is 0 Å². The van der Waals surface area contributed by atoms with Gasteiger partial charge in [-0.05, 0) is 99.6 Å². The fourth-order valence-corrected chi connectivity index (χ4v) is 9.87. The van der Waals surface area contributed by atoms with Gasteiger partial charge in [-0.3, -0.25) is 9.80 Å². The SMILES string of the molecule is O[C@@H]1C[C@H]2CCCN3CCc4c(n1c1ccccc41)[C@H]23.O[C@H]1C[C@@H]2CCCN3CCc4c(n1c1ccccc41)[C@@H]23. The minimum absolute atomic E-state index is 0.331. The fourth-order valence-electron chi connectivity index (χ4n) is 9.87. The molecule has 2 fully saturated rings. The molecule has 0 saturated carbocycles. The van der Waals surface area contributed by atoms with Crippen LogP contribution in [0.1, 0.15) is 85.6 Å². The highest BCUT2D eigenvalue weighted by atomic mass is 16.3. The Hall–Kier alpha value is -2.64. The zero-order valence-electron chi connectivity index (χ0n) is 23.3. The van der Waals surface area contributed by atoms with Gasteiger partial charge < -0.3 is 19.3 Å². The van der Waals surface area contributed by atoms with Gasteiger partial charge in [0.2, 0.25) is 0 Å². The summed E-state index contributed by atoms with van der Waals surface area (Å²) in [4.78, 5) is 5.33. The van der Waals surface area contributed by atoms with Crippen LogP contribution in [0, 0.1) is 11.8 Å². The van der Waals surface area contributed by atoms with Crippen LogP contribution >= 0.6 is 0 Å². The van der Waals surface area contributed by atoms with Crippen LogP contribution in [0.15, 0.2) is 48.5 Å². The molecule has 0 bridgehead atoms. The number of rotatable bonds is 0. The average molecular weight is 537 g/mol. The smallest absolute Gasteiger partial charge is 0.131 e. The minimum atomic E-state index is -0.331. The molecule has 6 atom stereocenters. The predicted molar refractivity (Wildman–Crippen MR) is 157 cm³/mol. The van der Waals surface area contributed by atoms with E-state index in [-0.39, 0.29) is 12.5 Å². The summed E-state index contributed by atoms with van der Waals surface area (Å²) in [5.74, 6) is 1.30. The molecule has 0 amide bonds. The second kappa shape index (κ2) is 8.93. The molecule has 2 aromatic heterocycles. The Balaban J connectivity index is 0.000000115. The Bertz CT molecular complexity index is 1500. The summed E-state index contributed by atoms with van der Waals surface area (Å²) in [6.07, 6.45) is 8.60. The normalized spacial score (nSPS) is 32.4. The van der Waals surface area contributed by atoms with Crippen LogP contribution < -0.4 is 0 Å². The van der Waals surface area contributed by atoms with Gasteiger partial charge in [0.1, 0.15) is 12.5 Å².